The maximum atomic E-state index is 13.4. The monoisotopic (exact) mass is 497 g/mol. The quantitative estimate of drug-likeness (QED) is 0.343. The van der Waals surface area contributed by atoms with E-state index in [1.165, 1.54) is 37.1 Å². The second-order valence-corrected chi connectivity index (χ2v) is 8.95. The topological polar surface area (TPSA) is 98.1 Å². The van der Waals surface area contributed by atoms with Crippen LogP contribution in [0.15, 0.2) is 65.1 Å². The lowest BCUT2D eigenvalue weighted by Gasteiger charge is -2.13. The molecular weight excluding hydrogens is 477 g/mol. The molecule has 0 radical (unpaired) electrons. The first-order valence-corrected chi connectivity index (χ1v) is 11.9. The molecule has 0 fully saturated rings. The second-order valence-electron chi connectivity index (χ2n) is 7.06. The number of hydrogen-bond donors (Lipinski definition) is 2. The van der Waals surface area contributed by atoms with Crippen molar-refractivity contribution in [2.45, 2.75) is 5.16 Å². The first kappa shape index (κ1) is 23.5. The van der Waals surface area contributed by atoms with E-state index in [1.54, 1.807) is 29.5 Å². The van der Waals surface area contributed by atoms with Gasteiger partial charge in [-0.15, -0.1) is 21.5 Å². The van der Waals surface area contributed by atoms with Crippen LogP contribution in [0.25, 0.3) is 10.7 Å². The summed E-state index contributed by atoms with van der Waals surface area (Å²) < 4.78 is 20.6. The highest BCUT2D eigenvalue weighted by atomic mass is 32.2. The standard InChI is InChI=1S/C23H20FN5O3S2/c1-29-21(19-7-4-10-33-19)27-28-23(29)34-13-20(30)26-17-12-16(8-9-18(17)32-2)25-22(31)14-5-3-6-15(24)11-14/h3-12H,13H2,1-2H3,(H,25,31)(H,26,30). The summed E-state index contributed by atoms with van der Waals surface area (Å²) in [6.45, 7) is 0. The molecule has 0 aliphatic carbocycles. The molecule has 174 valence electrons. The van der Waals surface area contributed by atoms with Gasteiger partial charge in [0.1, 0.15) is 11.6 Å². The number of carbonyl (C=O) groups excluding carboxylic acids is 2. The maximum Gasteiger partial charge on any atom is 0.255 e. The molecule has 4 aromatic rings. The molecule has 2 heterocycles. The van der Waals surface area contributed by atoms with Gasteiger partial charge in [-0.2, -0.15) is 0 Å². The second kappa shape index (κ2) is 10.5. The van der Waals surface area contributed by atoms with Crippen molar-refractivity contribution in [3.05, 3.63) is 71.4 Å². The smallest absolute Gasteiger partial charge is 0.255 e. The summed E-state index contributed by atoms with van der Waals surface area (Å²) in [5, 5.41) is 16.4. The van der Waals surface area contributed by atoms with Crippen LogP contribution < -0.4 is 15.4 Å². The number of benzene rings is 2. The third-order valence-electron chi connectivity index (χ3n) is 4.73. The first-order chi connectivity index (χ1) is 16.4. The molecule has 0 bridgehead atoms. The van der Waals surface area contributed by atoms with Crippen molar-refractivity contribution in [2.24, 2.45) is 7.05 Å². The van der Waals surface area contributed by atoms with Crippen LogP contribution in [-0.4, -0.2) is 39.4 Å². The molecule has 0 aliphatic rings. The molecule has 2 amide bonds. The number of nitrogens with zero attached hydrogens (tertiary/aromatic N) is 3. The van der Waals surface area contributed by atoms with Gasteiger partial charge in [0.2, 0.25) is 5.91 Å². The number of halogens is 1. The van der Waals surface area contributed by atoms with Gasteiger partial charge < -0.3 is 19.9 Å². The van der Waals surface area contributed by atoms with Gasteiger partial charge in [-0.1, -0.05) is 23.9 Å². The predicted octanol–water partition coefficient (Wildman–Crippen LogP) is 4.67. The summed E-state index contributed by atoms with van der Waals surface area (Å²) in [6.07, 6.45) is 0. The van der Waals surface area contributed by atoms with Gasteiger partial charge in [0, 0.05) is 18.3 Å². The number of ether oxygens (including phenoxy) is 1. The average molecular weight is 498 g/mol. The Balaban J connectivity index is 1.41. The van der Waals surface area contributed by atoms with Gasteiger partial charge >= 0.3 is 0 Å². The number of methoxy groups -OCH3 is 1. The molecule has 0 saturated carbocycles. The number of thiophene rings is 1. The van der Waals surface area contributed by atoms with E-state index in [0.717, 1.165) is 16.8 Å². The Kier molecular flexibility index (Phi) is 7.24. The number of hydrogen-bond acceptors (Lipinski definition) is 7. The zero-order valence-corrected chi connectivity index (χ0v) is 19.9. The van der Waals surface area contributed by atoms with E-state index in [4.69, 9.17) is 4.74 Å². The van der Waals surface area contributed by atoms with E-state index in [0.29, 0.717) is 22.3 Å². The Morgan fingerprint density at radius 1 is 1.12 bits per heavy atom. The third kappa shape index (κ3) is 5.43. The molecule has 11 heteroatoms. The molecule has 2 N–H and O–H groups in total. The lowest BCUT2D eigenvalue weighted by molar-refractivity contribution is -0.113. The van der Waals surface area contributed by atoms with Crippen LogP contribution in [-0.2, 0) is 11.8 Å². The fraction of sp³-hybridized carbons (Fsp3) is 0.130. The minimum Gasteiger partial charge on any atom is -0.495 e. The lowest BCUT2D eigenvalue weighted by atomic mass is 10.2. The largest absolute Gasteiger partial charge is 0.495 e. The Labute approximate surface area is 203 Å². The van der Waals surface area contributed by atoms with E-state index in [-0.39, 0.29) is 17.2 Å². The van der Waals surface area contributed by atoms with E-state index in [9.17, 15) is 14.0 Å². The van der Waals surface area contributed by atoms with Crippen molar-refractivity contribution in [3.8, 4) is 16.5 Å². The highest BCUT2D eigenvalue weighted by molar-refractivity contribution is 7.99. The fourth-order valence-electron chi connectivity index (χ4n) is 3.09. The molecule has 0 unspecified atom stereocenters. The number of anilines is 2. The van der Waals surface area contributed by atoms with Crippen LogP contribution in [0.3, 0.4) is 0 Å². The molecule has 8 nitrogen and oxygen atoms in total. The summed E-state index contributed by atoms with van der Waals surface area (Å²) in [7, 11) is 3.33. The van der Waals surface area contributed by atoms with Crippen molar-refractivity contribution in [1.29, 1.82) is 0 Å². The number of rotatable bonds is 8. The van der Waals surface area contributed by atoms with Crippen LogP contribution in [0.5, 0.6) is 5.75 Å². The van der Waals surface area contributed by atoms with E-state index in [2.05, 4.69) is 20.8 Å². The minimum absolute atomic E-state index is 0.0967. The number of aromatic nitrogens is 3. The number of amides is 2. The fourth-order valence-corrected chi connectivity index (χ4v) is 4.55. The predicted molar refractivity (Wildman–Crippen MR) is 131 cm³/mol. The number of thioether (sulfide) groups is 1. The number of carbonyl (C=O) groups is 2. The van der Waals surface area contributed by atoms with Crippen LogP contribution in [0.4, 0.5) is 15.8 Å². The van der Waals surface area contributed by atoms with Crippen molar-refractivity contribution in [2.75, 3.05) is 23.5 Å². The van der Waals surface area contributed by atoms with Gasteiger partial charge in [0.15, 0.2) is 11.0 Å². The highest BCUT2D eigenvalue weighted by Crippen LogP contribution is 2.29. The summed E-state index contributed by atoms with van der Waals surface area (Å²) >= 11 is 2.82. The summed E-state index contributed by atoms with van der Waals surface area (Å²) in [4.78, 5) is 26.0. The Morgan fingerprint density at radius 3 is 2.71 bits per heavy atom. The molecule has 0 aliphatic heterocycles. The van der Waals surface area contributed by atoms with E-state index in [1.807, 2.05) is 29.1 Å². The van der Waals surface area contributed by atoms with Crippen molar-refractivity contribution in [1.82, 2.24) is 14.8 Å². The Hall–Kier alpha value is -3.70. The third-order valence-corrected chi connectivity index (χ3v) is 6.61. The summed E-state index contributed by atoms with van der Waals surface area (Å²) in [5.41, 5.74) is 0.998. The van der Waals surface area contributed by atoms with Gasteiger partial charge in [0.25, 0.3) is 5.91 Å². The average Bonchev–Trinajstić information content (AvgIpc) is 3.47. The molecule has 0 spiro atoms. The van der Waals surface area contributed by atoms with Crippen LogP contribution in [0, 0.1) is 5.82 Å². The SMILES string of the molecule is COc1ccc(NC(=O)c2cccc(F)c2)cc1NC(=O)CSc1nnc(-c2cccs2)n1C. The normalized spacial score (nSPS) is 10.7. The van der Waals surface area contributed by atoms with Gasteiger partial charge in [-0.25, -0.2) is 4.39 Å². The lowest BCUT2D eigenvalue weighted by Crippen LogP contribution is -2.16. The zero-order valence-electron chi connectivity index (χ0n) is 18.2. The van der Waals surface area contributed by atoms with E-state index >= 15 is 0 Å². The van der Waals surface area contributed by atoms with Crippen molar-refractivity contribution < 1.29 is 18.7 Å². The first-order valence-electron chi connectivity index (χ1n) is 10.1. The van der Waals surface area contributed by atoms with Gasteiger partial charge in [-0.3, -0.25) is 9.59 Å². The Bertz CT molecular complexity index is 1320. The molecule has 4 rings (SSSR count). The minimum atomic E-state index is -0.502. The number of nitrogens with one attached hydrogen (secondary N) is 2. The van der Waals surface area contributed by atoms with Gasteiger partial charge in [0.05, 0.1) is 23.4 Å². The zero-order chi connectivity index (χ0) is 24.1. The van der Waals surface area contributed by atoms with Crippen molar-refractivity contribution >= 4 is 46.3 Å². The maximum absolute atomic E-state index is 13.4. The summed E-state index contributed by atoms with van der Waals surface area (Å²) in [6, 6.07) is 14.1. The van der Waals surface area contributed by atoms with E-state index < -0.39 is 11.7 Å². The summed E-state index contributed by atoms with van der Waals surface area (Å²) in [5.74, 6) is 0.0126. The molecule has 0 saturated heterocycles. The van der Waals surface area contributed by atoms with Crippen molar-refractivity contribution in [3.63, 3.8) is 0 Å². The van der Waals surface area contributed by atoms with Crippen LogP contribution in [0.1, 0.15) is 10.4 Å². The van der Waals surface area contributed by atoms with Gasteiger partial charge in [-0.05, 0) is 47.8 Å². The molecule has 2 aromatic heterocycles. The highest BCUT2D eigenvalue weighted by Gasteiger charge is 2.15. The Morgan fingerprint density at radius 2 is 1.97 bits per heavy atom. The molecule has 2 aromatic carbocycles. The van der Waals surface area contributed by atoms with Crippen LogP contribution in [0.2, 0.25) is 0 Å². The molecular formula is C23H20FN5O3S2. The van der Waals surface area contributed by atoms with Crippen LogP contribution >= 0.6 is 23.1 Å². The molecule has 34 heavy (non-hydrogen) atoms. The molecule has 0 atom stereocenters.